The van der Waals surface area contributed by atoms with Crippen molar-refractivity contribution in [2.75, 3.05) is 6.61 Å². The quantitative estimate of drug-likeness (QED) is 0.782. The molecule has 0 fully saturated rings. The van der Waals surface area contributed by atoms with E-state index in [9.17, 15) is 4.79 Å². The molecule has 1 N–H and O–H groups in total. The number of hydrogen-bond acceptors (Lipinski definition) is 2. The molecule has 0 amide bonds. The molecule has 0 radical (unpaired) electrons. The van der Waals surface area contributed by atoms with Gasteiger partial charge in [-0.1, -0.05) is 48.7 Å². The van der Waals surface area contributed by atoms with Gasteiger partial charge in [-0.3, -0.25) is 4.79 Å². The Morgan fingerprint density at radius 3 is 2.61 bits per heavy atom. The van der Waals surface area contributed by atoms with Gasteiger partial charge in [0, 0.05) is 6.61 Å². The van der Waals surface area contributed by atoms with Crippen LogP contribution in [0.1, 0.15) is 20.3 Å². The van der Waals surface area contributed by atoms with E-state index in [-0.39, 0.29) is 10.1 Å². The Kier molecular flexibility index (Phi) is 5.53. The first kappa shape index (κ1) is 15.8. The minimum absolute atomic E-state index is 0.174. The summed E-state index contributed by atoms with van der Waals surface area (Å²) in [5.74, 6) is -1.72. The normalized spacial score (nSPS) is 28.0. The number of ether oxygens (including phenoxy) is 1. The summed E-state index contributed by atoms with van der Waals surface area (Å²) in [5, 5.41) is 8.05. The molecule has 0 aromatic heterocycles. The number of halogens is 3. The summed E-state index contributed by atoms with van der Waals surface area (Å²) in [5.41, 5.74) is 0. The second kappa shape index (κ2) is 6.29. The van der Waals surface area contributed by atoms with Gasteiger partial charge >= 0.3 is 5.97 Å². The van der Waals surface area contributed by atoms with Crippen LogP contribution >= 0.6 is 34.8 Å². The highest BCUT2D eigenvalue weighted by Crippen LogP contribution is 2.40. The Morgan fingerprint density at radius 1 is 1.50 bits per heavy atom. The number of carboxylic acids is 1. The molecule has 18 heavy (non-hydrogen) atoms. The van der Waals surface area contributed by atoms with Crippen LogP contribution in [0.25, 0.3) is 0 Å². The zero-order chi connectivity index (χ0) is 13.9. The van der Waals surface area contributed by atoms with Crippen molar-refractivity contribution < 1.29 is 14.6 Å². The Balaban J connectivity index is 2.85. The predicted molar refractivity (Wildman–Crippen MR) is 73.0 cm³/mol. The van der Waals surface area contributed by atoms with E-state index in [1.165, 1.54) is 12.2 Å². The Labute approximate surface area is 121 Å². The molecule has 1 rings (SSSR count). The van der Waals surface area contributed by atoms with Gasteiger partial charge in [0.15, 0.2) is 5.06 Å². The maximum absolute atomic E-state index is 11.2. The second-order valence-corrected chi connectivity index (χ2v) is 5.96. The lowest BCUT2D eigenvalue weighted by atomic mass is 9.96. The predicted octanol–water partition coefficient (Wildman–Crippen LogP) is 3.94. The van der Waals surface area contributed by atoms with E-state index in [1.54, 1.807) is 0 Å². The molecule has 0 bridgehead atoms. The monoisotopic (exact) mass is 312 g/mol. The molecule has 0 saturated heterocycles. The number of allylic oxidation sites excluding steroid dienone is 2. The van der Waals surface area contributed by atoms with Crippen molar-refractivity contribution >= 4 is 40.8 Å². The molecule has 0 heterocycles. The third-order valence-electron chi connectivity index (χ3n) is 2.57. The maximum Gasteiger partial charge on any atom is 0.315 e. The number of rotatable bonds is 5. The van der Waals surface area contributed by atoms with Crippen LogP contribution in [0.2, 0.25) is 0 Å². The van der Waals surface area contributed by atoms with E-state index >= 15 is 0 Å². The highest BCUT2D eigenvalue weighted by molar-refractivity contribution is 6.45. The molecule has 2 unspecified atom stereocenters. The summed E-state index contributed by atoms with van der Waals surface area (Å²) >= 11 is 17.9. The SMILES string of the molecule is CC(C)CCOC1(Cl)C=C(Cl)C(Cl)=CC1C(=O)O. The molecule has 102 valence electrons. The Hall–Kier alpha value is -0.220. The summed E-state index contributed by atoms with van der Waals surface area (Å²) in [6.45, 7) is 4.44. The molecule has 3 nitrogen and oxygen atoms in total. The van der Waals surface area contributed by atoms with E-state index < -0.39 is 16.9 Å². The summed E-state index contributed by atoms with van der Waals surface area (Å²) in [6, 6.07) is 0. The molecule has 0 saturated carbocycles. The van der Waals surface area contributed by atoms with Gasteiger partial charge in [0.05, 0.1) is 10.1 Å². The van der Waals surface area contributed by atoms with E-state index in [0.29, 0.717) is 12.5 Å². The highest BCUT2D eigenvalue weighted by atomic mass is 35.5. The molecule has 6 heteroatoms. The van der Waals surface area contributed by atoms with Crippen molar-refractivity contribution in [1.29, 1.82) is 0 Å². The van der Waals surface area contributed by atoms with Crippen molar-refractivity contribution in [2.24, 2.45) is 11.8 Å². The van der Waals surface area contributed by atoms with E-state index in [4.69, 9.17) is 44.6 Å². The van der Waals surface area contributed by atoms with Crippen LogP contribution < -0.4 is 0 Å². The lowest BCUT2D eigenvalue weighted by Gasteiger charge is -2.31. The number of aliphatic carboxylic acids is 1. The number of carbonyl (C=O) groups is 1. The largest absolute Gasteiger partial charge is 0.481 e. The second-order valence-electron chi connectivity index (χ2n) is 4.55. The fraction of sp³-hybridized carbons (Fsp3) is 0.583. The van der Waals surface area contributed by atoms with Crippen LogP contribution in [-0.4, -0.2) is 22.7 Å². The summed E-state index contributed by atoms with van der Waals surface area (Å²) in [6.07, 6.45) is 3.43. The summed E-state index contributed by atoms with van der Waals surface area (Å²) in [4.78, 5) is 11.2. The molecule has 0 spiro atoms. The topological polar surface area (TPSA) is 46.5 Å². The molecule has 0 aromatic rings. The first-order valence-electron chi connectivity index (χ1n) is 5.58. The van der Waals surface area contributed by atoms with Gasteiger partial charge in [-0.15, -0.1) is 0 Å². The zero-order valence-electron chi connectivity index (χ0n) is 10.1. The molecule has 1 aliphatic rings. The minimum atomic E-state index is -1.48. The summed E-state index contributed by atoms with van der Waals surface area (Å²) in [7, 11) is 0. The van der Waals surface area contributed by atoms with E-state index in [2.05, 4.69) is 0 Å². The fourth-order valence-electron chi connectivity index (χ4n) is 1.49. The van der Waals surface area contributed by atoms with Crippen LogP contribution in [0, 0.1) is 11.8 Å². The fourth-order valence-corrected chi connectivity index (χ4v) is 2.30. The standard InChI is InChI=1S/C12H15Cl3O3/c1-7(2)3-4-18-12(15)6-10(14)9(13)5-8(12)11(16)17/h5-8H,3-4H2,1-2H3,(H,16,17). The van der Waals surface area contributed by atoms with Crippen LogP contribution in [0.5, 0.6) is 0 Å². The van der Waals surface area contributed by atoms with Crippen LogP contribution in [0.3, 0.4) is 0 Å². The molecule has 0 aromatic carbocycles. The van der Waals surface area contributed by atoms with Gasteiger partial charge in [0.25, 0.3) is 0 Å². The average molecular weight is 314 g/mol. The van der Waals surface area contributed by atoms with Crippen molar-refractivity contribution in [3.8, 4) is 0 Å². The smallest absolute Gasteiger partial charge is 0.315 e. The Morgan fingerprint density at radius 2 is 2.11 bits per heavy atom. The van der Waals surface area contributed by atoms with E-state index in [0.717, 1.165) is 6.42 Å². The maximum atomic E-state index is 11.2. The van der Waals surface area contributed by atoms with E-state index in [1.807, 2.05) is 13.8 Å². The lowest BCUT2D eigenvalue weighted by Crippen LogP contribution is -2.39. The zero-order valence-corrected chi connectivity index (χ0v) is 12.4. The van der Waals surface area contributed by atoms with Crippen molar-refractivity contribution in [3.63, 3.8) is 0 Å². The number of hydrogen-bond donors (Lipinski definition) is 1. The lowest BCUT2D eigenvalue weighted by molar-refractivity contribution is -0.145. The van der Waals surface area contributed by atoms with Crippen molar-refractivity contribution in [2.45, 2.75) is 25.3 Å². The third-order valence-corrected chi connectivity index (χ3v) is 3.77. The molecule has 2 atom stereocenters. The van der Waals surface area contributed by atoms with Gasteiger partial charge in [-0.05, 0) is 24.5 Å². The number of carboxylic acid groups (broad SMARTS) is 1. The Bertz CT molecular complexity index is 390. The van der Waals surface area contributed by atoms with Crippen LogP contribution in [0.4, 0.5) is 0 Å². The third kappa shape index (κ3) is 3.89. The number of alkyl halides is 1. The first-order valence-corrected chi connectivity index (χ1v) is 6.71. The average Bonchev–Trinajstić information content (AvgIpc) is 2.22. The summed E-state index contributed by atoms with van der Waals surface area (Å²) < 4.78 is 5.49. The molecule has 0 aliphatic heterocycles. The van der Waals surface area contributed by atoms with Gasteiger partial charge in [0.2, 0.25) is 0 Å². The van der Waals surface area contributed by atoms with Gasteiger partial charge in [0.1, 0.15) is 5.92 Å². The molecular weight excluding hydrogens is 298 g/mol. The minimum Gasteiger partial charge on any atom is -0.481 e. The van der Waals surface area contributed by atoms with Gasteiger partial charge < -0.3 is 9.84 Å². The van der Waals surface area contributed by atoms with Gasteiger partial charge in [-0.2, -0.15) is 0 Å². The highest BCUT2D eigenvalue weighted by Gasteiger charge is 2.43. The van der Waals surface area contributed by atoms with Crippen molar-refractivity contribution in [1.82, 2.24) is 0 Å². The van der Waals surface area contributed by atoms with Gasteiger partial charge in [-0.25, -0.2) is 0 Å². The molecular formula is C12H15Cl3O3. The first-order chi connectivity index (χ1) is 8.26. The molecule has 1 aliphatic carbocycles. The van der Waals surface area contributed by atoms with Crippen molar-refractivity contribution in [3.05, 3.63) is 22.2 Å². The van der Waals surface area contributed by atoms with Crippen LogP contribution in [0.15, 0.2) is 22.2 Å². The van der Waals surface area contributed by atoms with Crippen LogP contribution in [-0.2, 0) is 9.53 Å².